The van der Waals surface area contributed by atoms with Crippen molar-refractivity contribution in [3.8, 4) is 0 Å². The lowest BCUT2D eigenvalue weighted by Gasteiger charge is -2.33. The maximum Gasteiger partial charge on any atom is 0.255 e. The van der Waals surface area contributed by atoms with Crippen molar-refractivity contribution in [3.63, 3.8) is 0 Å². The zero-order valence-electron chi connectivity index (χ0n) is 15.3. The van der Waals surface area contributed by atoms with Gasteiger partial charge in [0.25, 0.3) is 5.56 Å². The third-order valence-corrected chi connectivity index (χ3v) is 6.40. The number of aromatic amines is 1. The molecule has 3 rings (SSSR count). The highest BCUT2D eigenvalue weighted by atomic mass is 32.2. The minimum atomic E-state index is -3.33. The molecule has 1 amide bonds. The Hall–Kier alpha value is -1.74. The average Bonchev–Trinajstić information content (AvgIpc) is 2.61. The molecule has 0 aliphatic carbocycles. The molecule has 1 aromatic heterocycles. The van der Waals surface area contributed by atoms with Crippen LogP contribution in [-0.2, 0) is 27.8 Å². The Morgan fingerprint density at radius 3 is 2.81 bits per heavy atom. The van der Waals surface area contributed by atoms with Crippen molar-refractivity contribution in [1.82, 2.24) is 19.2 Å². The van der Waals surface area contributed by atoms with Crippen LogP contribution in [0.15, 0.2) is 4.79 Å². The number of nitrogens with zero attached hydrogens (tertiary/aromatic N) is 3. The predicted molar refractivity (Wildman–Crippen MR) is 97.3 cm³/mol. The number of likely N-dealkylation sites (tertiary alicyclic amines) is 1. The van der Waals surface area contributed by atoms with Crippen molar-refractivity contribution in [3.05, 3.63) is 27.4 Å². The summed E-state index contributed by atoms with van der Waals surface area (Å²) in [5.41, 5.74) is 0.844. The Bertz CT molecular complexity index is 849. The number of aromatic nitrogens is 2. The molecule has 1 saturated heterocycles. The van der Waals surface area contributed by atoms with E-state index in [1.807, 2.05) is 11.8 Å². The first-order chi connectivity index (χ1) is 12.3. The number of carbonyl (C=O) groups is 1. The number of hydrogen-bond donors (Lipinski definition) is 1. The molecule has 0 spiro atoms. The lowest BCUT2D eigenvalue weighted by Crippen LogP contribution is -2.41. The lowest BCUT2D eigenvalue weighted by molar-refractivity contribution is -0.132. The van der Waals surface area contributed by atoms with E-state index in [0.717, 1.165) is 32.1 Å². The van der Waals surface area contributed by atoms with Gasteiger partial charge in [-0.05, 0) is 19.3 Å². The fraction of sp³-hybridized carbons (Fsp3) is 0.706. The van der Waals surface area contributed by atoms with E-state index in [4.69, 9.17) is 0 Å². The third-order valence-electron chi connectivity index (χ3n) is 5.15. The molecule has 26 heavy (non-hydrogen) atoms. The second-order valence-electron chi connectivity index (χ2n) is 7.15. The zero-order valence-corrected chi connectivity index (χ0v) is 16.1. The number of H-pyrrole nitrogens is 1. The van der Waals surface area contributed by atoms with Crippen LogP contribution in [0, 0.1) is 0 Å². The molecule has 2 aliphatic rings. The number of sulfonamides is 1. The topological polar surface area (TPSA) is 103 Å². The number of rotatable bonds is 4. The van der Waals surface area contributed by atoms with Crippen LogP contribution in [0.5, 0.6) is 0 Å². The molecule has 2 aliphatic heterocycles. The summed E-state index contributed by atoms with van der Waals surface area (Å²) < 4.78 is 24.8. The normalized spacial score (nSPS) is 21.5. The summed E-state index contributed by atoms with van der Waals surface area (Å²) in [6, 6.07) is 0. The van der Waals surface area contributed by atoms with Crippen molar-refractivity contribution in [2.75, 3.05) is 25.9 Å². The van der Waals surface area contributed by atoms with Gasteiger partial charge in [-0.2, -0.15) is 4.31 Å². The SMILES string of the molecule is CCCC(=O)N1CCCC(c2nc3c(c(=O)[nH]2)CN(S(C)(=O)=O)CC3)C1. The van der Waals surface area contributed by atoms with Gasteiger partial charge in [0.1, 0.15) is 5.82 Å². The molecule has 9 heteroatoms. The van der Waals surface area contributed by atoms with Gasteiger partial charge in [-0.1, -0.05) is 6.92 Å². The van der Waals surface area contributed by atoms with E-state index in [-0.39, 0.29) is 23.9 Å². The van der Waals surface area contributed by atoms with E-state index in [0.29, 0.717) is 43.0 Å². The highest BCUT2D eigenvalue weighted by Crippen LogP contribution is 2.26. The van der Waals surface area contributed by atoms with Crippen molar-refractivity contribution in [1.29, 1.82) is 0 Å². The molecule has 1 fully saturated rings. The first-order valence-corrected chi connectivity index (χ1v) is 11.0. The van der Waals surface area contributed by atoms with Crippen LogP contribution in [0.2, 0.25) is 0 Å². The molecule has 0 bridgehead atoms. The molecular formula is C17H26N4O4S. The monoisotopic (exact) mass is 382 g/mol. The molecule has 144 valence electrons. The van der Waals surface area contributed by atoms with Gasteiger partial charge in [0.05, 0.1) is 17.5 Å². The van der Waals surface area contributed by atoms with Crippen LogP contribution in [-0.4, -0.2) is 59.4 Å². The van der Waals surface area contributed by atoms with E-state index >= 15 is 0 Å². The fourth-order valence-corrected chi connectivity index (χ4v) is 4.48. The van der Waals surface area contributed by atoms with E-state index in [2.05, 4.69) is 9.97 Å². The zero-order chi connectivity index (χ0) is 18.9. The predicted octanol–water partition coefficient (Wildman–Crippen LogP) is 0.594. The maximum atomic E-state index is 12.5. The molecule has 0 saturated carbocycles. The molecule has 0 aromatic carbocycles. The van der Waals surface area contributed by atoms with Gasteiger partial charge in [0.2, 0.25) is 15.9 Å². The van der Waals surface area contributed by atoms with Crippen molar-refractivity contribution >= 4 is 15.9 Å². The Morgan fingerprint density at radius 1 is 1.35 bits per heavy atom. The van der Waals surface area contributed by atoms with E-state index in [1.54, 1.807) is 0 Å². The van der Waals surface area contributed by atoms with Gasteiger partial charge in [0.15, 0.2) is 0 Å². The number of hydrogen-bond acceptors (Lipinski definition) is 5. The summed E-state index contributed by atoms with van der Waals surface area (Å²) in [4.78, 5) is 34.0. The second-order valence-corrected chi connectivity index (χ2v) is 9.13. The van der Waals surface area contributed by atoms with Gasteiger partial charge >= 0.3 is 0 Å². The molecule has 1 unspecified atom stereocenters. The van der Waals surface area contributed by atoms with Gasteiger partial charge < -0.3 is 9.88 Å². The first kappa shape index (κ1) is 19.0. The number of piperidine rings is 1. The lowest BCUT2D eigenvalue weighted by atomic mass is 9.96. The van der Waals surface area contributed by atoms with Gasteiger partial charge in [-0.25, -0.2) is 13.4 Å². The van der Waals surface area contributed by atoms with Crippen LogP contribution < -0.4 is 5.56 Å². The number of nitrogens with one attached hydrogen (secondary N) is 1. The van der Waals surface area contributed by atoms with Crippen LogP contribution in [0.1, 0.15) is 55.6 Å². The third kappa shape index (κ3) is 3.98. The van der Waals surface area contributed by atoms with Crippen LogP contribution in [0.3, 0.4) is 0 Å². The standard InChI is InChI=1S/C17H26N4O4S/c1-3-5-15(22)20-8-4-6-12(10-20)16-18-14-7-9-21(26(2,24)25)11-13(14)17(23)19-16/h12H,3-11H2,1-2H3,(H,18,19,23). The summed E-state index contributed by atoms with van der Waals surface area (Å²) in [5, 5.41) is 0. The average molecular weight is 382 g/mol. The van der Waals surface area contributed by atoms with E-state index in [1.165, 1.54) is 4.31 Å². The smallest absolute Gasteiger partial charge is 0.255 e. The molecule has 1 N–H and O–H groups in total. The van der Waals surface area contributed by atoms with E-state index < -0.39 is 10.0 Å². The van der Waals surface area contributed by atoms with Crippen molar-refractivity contribution < 1.29 is 13.2 Å². The van der Waals surface area contributed by atoms with Crippen molar-refractivity contribution in [2.45, 2.75) is 51.5 Å². The second kappa shape index (κ2) is 7.48. The molecule has 3 heterocycles. The van der Waals surface area contributed by atoms with E-state index in [9.17, 15) is 18.0 Å². The highest BCUT2D eigenvalue weighted by Gasteiger charge is 2.30. The Kier molecular flexibility index (Phi) is 5.47. The fourth-order valence-electron chi connectivity index (χ4n) is 3.69. The molecule has 0 radical (unpaired) electrons. The minimum Gasteiger partial charge on any atom is -0.342 e. The number of fused-ring (bicyclic) bond motifs is 1. The summed E-state index contributed by atoms with van der Waals surface area (Å²) in [6.07, 6.45) is 4.73. The molecule has 1 atom stereocenters. The van der Waals surface area contributed by atoms with Crippen LogP contribution in [0.4, 0.5) is 0 Å². The Labute approximate surface area is 153 Å². The summed E-state index contributed by atoms with van der Waals surface area (Å²) >= 11 is 0. The Morgan fingerprint density at radius 2 is 2.12 bits per heavy atom. The summed E-state index contributed by atoms with van der Waals surface area (Å²) in [5.74, 6) is 0.798. The minimum absolute atomic E-state index is 0.0236. The van der Waals surface area contributed by atoms with Crippen LogP contribution in [0.25, 0.3) is 0 Å². The number of carbonyl (C=O) groups excluding carboxylic acids is 1. The quantitative estimate of drug-likeness (QED) is 0.821. The summed E-state index contributed by atoms with van der Waals surface area (Å²) in [6.45, 7) is 3.74. The summed E-state index contributed by atoms with van der Waals surface area (Å²) in [7, 11) is -3.33. The van der Waals surface area contributed by atoms with Gasteiger partial charge in [-0.15, -0.1) is 0 Å². The molecule has 8 nitrogen and oxygen atoms in total. The van der Waals surface area contributed by atoms with Gasteiger partial charge in [0, 0.05) is 44.9 Å². The highest BCUT2D eigenvalue weighted by molar-refractivity contribution is 7.88. The largest absolute Gasteiger partial charge is 0.342 e. The molecular weight excluding hydrogens is 356 g/mol. The Balaban J connectivity index is 1.82. The van der Waals surface area contributed by atoms with Gasteiger partial charge in [-0.3, -0.25) is 9.59 Å². The van der Waals surface area contributed by atoms with Crippen LogP contribution >= 0.6 is 0 Å². The first-order valence-electron chi connectivity index (χ1n) is 9.14. The number of amides is 1. The van der Waals surface area contributed by atoms with Crippen molar-refractivity contribution in [2.24, 2.45) is 0 Å². The maximum absolute atomic E-state index is 12.5. The molecule has 1 aromatic rings.